The molecule has 1 rings (SSSR count). The fraction of sp³-hybridized carbons (Fsp3) is 0.438. The molecule has 6 nitrogen and oxygen atoms in total. The van der Waals surface area contributed by atoms with E-state index in [1.807, 2.05) is 5.32 Å². The van der Waals surface area contributed by atoms with E-state index in [2.05, 4.69) is 0 Å². The van der Waals surface area contributed by atoms with E-state index in [0.717, 1.165) is 18.2 Å². The van der Waals surface area contributed by atoms with Crippen LogP contribution in [0, 0.1) is 5.92 Å². The largest absolute Gasteiger partial charge is 0.480 e. The second kappa shape index (κ2) is 8.50. The first-order valence-corrected chi connectivity index (χ1v) is 7.43. The van der Waals surface area contributed by atoms with E-state index in [1.54, 1.807) is 6.92 Å². The lowest BCUT2D eigenvalue weighted by atomic mass is 9.97. The number of nitrogens with one attached hydrogen (secondary N) is 1. The van der Waals surface area contributed by atoms with E-state index in [0.29, 0.717) is 0 Å². The molecule has 1 aromatic rings. The average molecular weight is 361 g/mol. The summed E-state index contributed by atoms with van der Waals surface area (Å²) in [5.74, 6) is -4.18. The summed E-state index contributed by atoms with van der Waals surface area (Å²) < 4.78 is 43.6. The number of benzene rings is 1. The van der Waals surface area contributed by atoms with Crippen LogP contribution in [-0.2, 0) is 20.5 Å². The van der Waals surface area contributed by atoms with Crippen LogP contribution >= 0.6 is 0 Å². The zero-order valence-electron chi connectivity index (χ0n) is 13.6. The van der Waals surface area contributed by atoms with Crippen molar-refractivity contribution in [2.45, 2.75) is 32.5 Å². The Morgan fingerprint density at radius 2 is 1.84 bits per heavy atom. The van der Waals surface area contributed by atoms with Crippen LogP contribution in [-0.4, -0.2) is 35.6 Å². The number of ether oxygens (including phenoxy) is 1. The van der Waals surface area contributed by atoms with Crippen molar-refractivity contribution in [3.8, 4) is 0 Å². The van der Waals surface area contributed by atoms with Crippen LogP contribution in [0.2, 0.25) is 0 Å². The van der Waals surface area contributed by atoms with Gasteiger partial charge in [-0.25, -0.2) is 4.79 Å². The molecule has 0 radical (unpaired) electrons. The smallest absolute Gasteiger partial charge is 0.417 e. The maximum absolute atomic E-state index is 13.0. The quantitative estimate of drug-likeness (QED) is 0.728. The summed E-state index contributed by atoms with van der Waals surface area (Å²) in [6, 6.07) is 2.50. The summed E-state index contributed by atoms with van der Waals surface area (Å²) >= 11 is 0. The van der Waals surface area contributed by atoms with E-state index in [4.69, 9.17) is 4.74 Å². The number of aliphatic carboxylic acids is 1. The van der Waals surface area contributed by atoms with Gasteiger partial charge in [0, 0.05) is 0 Å². The highest BCUT2D eigenvalue weighted by atomic mass is 19.4. The molecule has 0 unspecified atom stereocenters. The molecule has 0 bridgehead atoms. The van der Waals surface area contributed by atoms with Crippen molar-refractivity contribution >= 4 is 17.8 Å². The van der Waals surface area contributed by atoms with Crippen LogP contribution in [0.4, 0.5) is 13.2 Å². The number of hydrogen-bond acceptors (Lipinski definition) is 4. The zero-order valence-corrected chi connectivity index (χ0v) is 13.6. The Morgan fingerprint density at radius 3 is 2.36 bits per heavy atom. The molecule has 2 atom stereocenters. The van der Waals surface area contributed by atoms with Crippen molar-refractivity contribution in [1.29, 1.82) is 0 Å². The lowest BCUT2D eigenvalue weighted by molar-refractivity contribution is -0.146. The number of esters is 1. The van der Waals surface area contributed by atoms with Gasteiger partial charge in [-0.05, 0) is 25.0 Å². The maximum Gasteiger partial charge on any atom is 0.417 e. The monoisotopic (exact) mass is 361 g/mol. The average Bonchev–Trinajstić information content (AvgIpc) is 2.51. The Balaban J connectivity index is 2.98. The molecule has 25 heavy (non-hydrogen) atoms. The fourth-order valence-corrected chi connectivity index (χ4v) is 2.20. The molecule has 138 valence electrons. The number of carbonyl (C=O) groups excluding carboxylic acids is 2. The lowest BCUT2D eigenvalue weighted by Gasteiger charge is -2.21. The van der Waals surface area contributed by atoms with Crippen molar-refractivity contribution in [1.82, 2.24) is 5.32 Å². The van der Waals surface area contributed by atoms with Gasteiger partial charge in [-0.1, -0.05) is 19.1 Å². The summed E-state index contributed by atoms with van der Waals surface area (Å²) in [4.78, 5) is 34.9. The van der Waals surface area contributed by atoms with Crippen LogP contribution < -0.4 is 5.32 Å². The molecule has 0 saturated heterocycles. The third-order valence-electron chi connectivity index (χ3n) is 3.39. The predicted octanol–water partition coefficient (Wildman–Crippen LogP) is 2.48. The molecular formula is C16H18F3NO5. The van der Waals surface area contributed by atoms with Gasteiger partial charge >= 0.3 is 18.1 Å². The third kappa shape index (κ3) is 5.77. The summed E-state index contributed by atoms with van der Waals surface area (Å²) in [5, 5.41) is 11.3. The van der Waals surface area contributed by atoms with Crippen molar-refractivity contribution in [3.63, 3.8) is 0 Å². The number of rotatable bonds is 7. The molecule has 0 saturated carbocycles. The molecular weight excluding hydrogens is 343 g/mol. The molecule has 0 spiro atoms. The van der Waals surface area contributed by atoms with E-state index in [9.17, 15) is 32.7 Å². The van der Waals surface area contributed by atoms with Gasteiger partial charge in [-0.15, -0.1) is 0 Å². The molecule has 0 aliphatic heterocycles. The highest BCUT2D eigenvalue weighted by molar-refractivity contribution is 5.98. The van der Waals surface area contributed by atoms with Gasteiger partial charge in [0.25, 0.3) is 5.91 Å². The second-order valence-corrected chi connectivity index (χ2v) is 5.32. The first-order valence-electron chi connectivity index (χ1n) is 7.43. The molecule has 0 aliphatic carbocycles. The molecule has 9 heteroatoms. The SMILES string of the molecule is CCOC(=O)C[C@@H](C)[C@H](NC(=O)c1ccccc1C(F)(F)F)C(=O)O. The lowest BCUT2D eigenvalue weighted by Crippen LogP contribution is -2.46. The Kier molecular flexibility index (Phi) is 6.96. The van der Waals surface area contributed by atoms with Crippen LogP contribution in [0.3, 0.4) is 0 Å². The number of amides is 1. The van der Waals surface area contributed by atoms with Gasteiger partial charge in [0.2, 0.25) is 0 Å². The van der Waals surface area contributed by atoms with E-state index >= 15 is 0 Å². The van der Waals surface area contributed by atoms with E-state index < -0.39 is 47.1 Å². The third-order valence-corrected chi connectivity index (χ3v) is 3.39. The Labute approximate surface area is 142 Å². The van der Waals surface area contributed by atoms with Crippen LogP contribution in [0.15, 0.2) is 24.3 Å². The number of carbonyl (C=O) groups is 3. The minimum absolute atomic E-state index is 0.106. The predicted molar refractivity (Wildman–Crippen MR) is 80.7 cm³/mol. The summed E-state index contributed by atoms with van der Waals surface area (Å²) in [5.41, 5.74) is -1.86. The van der Waals surface area contributed by atoms with Gasteiger partial charge in [-0.2, -0.15) is 13.2 Å². The van der Waals surface area contributed by atoms with E-state index in [1.165, 1.54) is 13.0 Å². The summed E-state index contributed by atoms with van der Waals surface area (Å²) in [6.45, 7) is 3.06. The second-order valence-electron chi connectivity index (χ2n) is 5.32. The molecule has 1 amide bonds. The Hall–Kier alpha value is -2.58. The normalized spacial score (nSPS) is 13.6. The van der Waals surface area contributed by atoms with Gasteiger partial charge in [0.1, 0.15) is 6.04 Å². The highest BCUT2D eigenvalue weighted by Gasteiger charge is 2.36. The van der Waals surface area contributed by atoms with Crippen molar-refractivity contribution in [2.75, 3.05) is 6.61 Å². The summed E-state index contributed by atoms with van der Waals surface area (Å²) in [6.07, 6.45) is -5.06. The van der Waals surface area contributed by atoms with Crippen molar-refractivity contribution in [2.24, 2.45) is 5.92 Å². The van der Waals surface area contributed by atoms with Crippen LogP contribution in [0.25, 0.3) is 0 Å². The number of halogens is 3. The van der Waals surface area contributed by atoms with Crippen molar-refractivity contribution < 1.29 is 37.4 Å². The highest BCUT2D eigenvalue weighted by Crippen LogP contribution is 2.31. The van der Waals surface area contributed by atoms with Crippen LogP contribution in [0.1, 0.15) is 36.2 Å². The fourth-order valence-electron chi connectivity index (χ4n) is 2.20. The summed E-state index contributed by atoms with van der Waals surface area (Å²) in [7, 11) is 0. The number of carboxylic acid groups (broad SMARTS) is 1. The first kappa shape index (κ1) is 20.5. The van der Waals surface area contributed by atoms with E-state index in [-0.39, 0.29) is 13.0 Å². The van der Waals surface area contributed by atoms with Gasteiger partial charge in [0.05, 0.1) is 24.2 Å². The Morgan fingerprint density at radius 1 is 1.24 bits per heavy atom. The topological polar surface area (TPSA) is 92.7 Å². The number of carboxylic acids is 1. The van der Waals surface area contributed by atoms with Crippen molar-refractivity contribution in [3.05, 3.63) is 35.4 Å². The molecule has 0 fully saturated rings. The molecule has 2 N–H and O–H groups in total. The van der Waals surface area contributed by atoms with Gasteiger partial charge < -0.3 is 15.2 Å². The van der Waals surface area contributed by atoms with Gasteiger partial charge in [-0.3, -0.25) is 9.59 Å². The van der Waals surface area contributed by atoms with Crippen LogP contribution in [0.5, 0.6) is 0 Å². The maximum atomic E-state index is 13.0. The first-order chi connectivity index (χ1) is 11.6. The minimum atomic E-state index is -4.76. The standard InChI is InChI=1S/C16H18F3NO5/c1-3-25-12(21)8-9(2)13(15(23)24)20-14(22)10-6-4-5-7-11(10)16(17,18)19/h4-7,9,13H,3,8H2,1-2H3,(H,20,22)(H,23,24)/t9-,13+/m1/s1. The zero-order chi connectivity index (χ0) is 19.2. The van der Waals surface area contributed by atoms with Gasteiger partial charge in [0.15, 0.2) is 0 Å². The molecule has 0 aliphatic rings. The Bertz CT molecular complexity index is 645. The number of alkyl halides is 3. The number of hydrogen-bond donors (Lipinski definition) is 2. The minimum Gasteiger partial charge on any atom is -0.480 e. The molecule has 0 heterocycles. The molecule has 1 aromatic carbocycles. The molecule has 0 aromatic heterocycles.